The number of nitrogens with zero attached hydrogens (tertiary/aromatic N) is 3. The minimum absolute atomic E-state index is 0.217. The standard InChI is InChI=1S/C21H18N4O2/c1-14-18(13-23-25(14)16-8-10-17(27-2)11-9-16)21(26)24-19-7-3-5-15-6-4-12-22-20(15)19/h3-13H,1-2H3,(H,24,26). The maximum Gasteiger partial charge on any atom is 0.259 e. The predicted octanol–water partition coefficient (Wildman–Crippen LogP) is 3.99. The van der Waals surface area contributed by atoms with Crippen LogP contribution in [0.1, 0.15) is 16.1 Å². The van der Waals surface area contributed by atoms with E-state index in [-0.39, 0.29) is 5.91 Å². The van der Waals surface area contributed by atoms with Crippen molar-refractivity contribution in [2.45, 2.75) is 6.92 Å². The van der Waals surface area contributed by atoms with E-state index < -0.39 is 0 Å². The first-order valence-electron chi connectivity index (χ1n) is 8.51. The van der Waals surface area contributed by atoms with Crippen molar-refractivity contribution in [3.8, 4) is 11.4 Å². The lowest BCUT2D eigenvalue weighted by molar-refractivity contribution is 0.102. The molecule has 4 rings (SSSR count). The lowest BCUT2D eigenvalue weighted by atomic mass is 10.1. The molecule has 6 heteroatoms. The molecule has 27 heavy (non-hydrogen) atoms. The van der Waals surface area contributed by atoms with Gasteiger partial charge in [0.15, 0.2) is 0 Å². The van der Waals surface area contributed by atoms with E-state index >= 15 is 0 Å². The predicted molar refractivity (Wildman–Crippen MR) is 105 cm³/mol. The van der Waals surface area contributed by atoms with Crippen LogP contribution in [0.2, 0.25) is 0 Å². The van der Waals surface area contributed by atoms with Gasteiger partial charge in [-0.1, -0.05) is 18.2 Å². The molecule has 2 heterocycles. The molecular weight excluding hydrogens is 340 g/mol. The lowest BCUT2D eigenvalue weighted by Crippen LogP contribution is -2.13. The summed E-state index contributed by atoms with van der Waals surface area (Å²) >= 11 is 0. The van der Waals surface area contributed by atoms with Crippen LogP contribution in [0.15, 0.2) is 67.0 Å². The van der Waals surface area contributed by atoms with E-state index in [4.69, 9.17) is 4.74 Å². The molecular formula is C21H18N4O2. The Balaban J connectivity index is 1.63. The normalized spacial score (nSPS) is 10.7. The second-order valence-corrected chi connectivity index (χ2v) is 6.09. The summed E-state index contributed by atoms with van der Waals surface area (Å²) in [6.07, 6.45) is 3.29. The van der Waals surface area contributed by atoms with Crippen molar-refractivity contribution in [1.82, 2.24) is 14.8 Å². The highest BCUT2D eigenvalue weighted by molar-refractivity contribution is 6.08. The highest BCUT2D eigenvalue weighted by atomic mass is 16.5. The first-order chi connectivity index (χ1) is 13.2. The molecule has 2 aromatic carbocycles. The third-order valence-corrected chi connectivity index (χ3v) is 4.45. The van der Waals surface area contributed by atoms with Crippen molar-refractivity contribution >= 4 is 22.5 Å². The molecule has 6 nitrogen and oxygen atoms in total. The minimum Gasteiger partial charge on any atom is -0.497 e. The fraction of sp³-hybridized carbons (Fsp3) is 0.0952. The SMILES string of the molecule is COc1ccc(-n2ncc(C(=O)Nc3cccc4cccnc34)c2C)cc1. The molecule has 0 atom stereocenters. The van der Waals surface area contributed by atoms with E-state index in [1.807, 2.05) is 61.5 Å². The van der Waals surface area contributed by atoms with Gasteiger partial charge in [-0.3, -0.25) is 9.78 Å². The molecule has 0 aliphatic heterocycles. The highest BCUT2D eigenvalue weighted by Crippen LogP contribution is 2.23. The number of anilines is 1. The first-order valence-corrected chi connectivity index (χ1v) is 8.51. The fourth-order valence-electron chi connectivity index (χ4n) is 3.01. The Bertz CT molecular complexity index is 1110. The van der Waals surface area contributed by atoms with Gasteiger partial charge in [0.2, 0.25) is 0 Å². The third-order valence-electron chi connectivity index (χ3n) is 4.45. The topological polar surface area (TPSA) is 69.0 Å². The molecule has 0 unspecified atom stereocenters. The Labute approximate surface area is 156 Å². The quantitative estimate of drug-likeness (QED) is 0.599. The molecule has 1 amide bonds. The largest absolute Gasteiger partial charge is 0.497 e. The maximum absolute atomic E-state index is 12.8. The first kappa shape index (κ1) is 16.8. The van der Waals surface area contributed by atoms with Crippen LogP contribution in [0.3, 0.4) is 0 Å². The highest BCUT2D eigenvalue weighted by Gasteiger charge is 2.16. The number of hydrogen-bond donors (Lipinski definition) is 1. The number of rotatable bonds is 4. The summed E-state index contributed by atoms with van der Waals surface area (Å²) < 4.78 is 6.91. The zero-order valence-electron chi connectivity index (χ0n) is 15.0. The van der Waals surface area contributed by atoms with Crippen LogP contribution < -0.4 is 10.1 Å². The average molecular weight is 358 g/mol. The average Bonchev–Trinajstić information content (AvgIpc) is 3.10. The van der Waals surface area contributed by atoms with Gasteiger partial charge in [0.1, 0.15) is 5.75 Å². The van der Waals surface area contributed by atoms with Gasteiger partial charge in [0.05, 0.1) is 41.5 Å². The van der Waals surface area contributed by atoms with E-state index in [9.17, 15) is 4.79 Å². The van der Waals surface area contributed by atoms with Gasteiger partial charge in [-0.2, -0.15) is 5.10 Å². The number of nitrogens with one attached hydrogen (secondary N) is 1. The van der Waals surface area contributed by atoms with E-state index in [0.29, 0.717) is 11.3 Å². The molecule has 0 aliphatic carbocycles. The molecule has 0 saturated heterocycles. The number of benzene rings is 2. The molecule has 2 aromatic heterocycles. The summed E-state index contributed by atoms with van der Waals surface area (Å²) in [4.78, 5) is 17.2. The van der Waals surface area contributed by atoms with Crippen molar-refractivity contribution in [2.75, 3.05) is 12.4 Å². The van der Waals surface area contributed by atoms with Gasteiger partial charge in [-0.05, 0) is 43.3 Å². The molecule has 0 spiro atoms. The summed E-state index contributed by atoms with van der Waals surface area (Å²) in [5.74, 6) is 0.551. The Morgan fingerprint density at radius 3 is 2.63 bits per heavy atom. The van der Waals surface area contributed by atoms with Crippen molar-refractivity contribution in [2.24, 2.45) is 0 Å². The molecule has 0 radical (unpaired) electrons. The van der Waals surface area contributed by atoms with Gasteiger partial charge < -0.3 is 10.1 Å². The summed E-state index contributed by atoms with van der Waals surface area (Å²) in [6, 6.07) is 17.1. The summed E-state index contributed by atoms with van der Waals surface area (Å²) in [5.41, 5.74) is 3.56. The van der Waals surface area contributed by atoms with E-state index in [0.717, 1.165) is 28.0 Å². The van der Waals surface area contributed by atoms with Crippen LogP contribution in [-0.4, -0.2) is 27.8 Å². The van der Waals surface area contributed by atoms with Crippen molar-refractivity contribution in [3.05, 3.63) is 78.2 Å². The zero-order chi connectivity index (χ0) is 18.8. The van der Waals surface area contributed by atoms with Crippen LogP contribution >= 0.6 is 0 Å². The van der Waals surface area contributed by atoms with Crippen molar-refractivity contribution in [1.29, 1.82) is 0 Å². The third kappa shape index (κ3) is 3.13. The number of carbonyl (C=O) groups is 1. The van der Waals surface area contributed by atoms with Crippen LogP contribution in [0.4, 0.5) is 5.69 Å². The van der Waals surface area contributed by atoms with E-state index in [2.05, 4.69) is 15.4 Å². The van der Waals surface area contributed by atoms with Crippen LogP contribution in [0.5, 0.6) is 5.75 Å². The Kier molecular flexibility index (Phi) is 4.30. The smallest absolute Gasteiger partial charge is 0.259 e. The van der Waals surface area contributed by atoms with Gasteiger partial charge in [0.25, 0.3) is 5.91 Å². The second kappa shape index (κ2) is 6.92. The Morgan fingerprint density at radius 1 is 1.07 bits per heavy atom. The number of fused-ring (bicyclic) bond motifs is 1. The zero-order valence-corrected chi connectivity index (χ0v) is 15.0. The minimum atomic E-state index is -0.217. The molecule has 134 valence electrons. The molecule has 0 aliphatic rings. The number of hydrogen-bond acceptors (Lipinski definition) is 4. The van der Waals surface area contributed by atoms with E-state index in [1.165, 1.54) is 0 Å². The van der Waals surface area contributed by atoms with Gasteiger partial charge >= 0.3 is 0 Å². The summed E-state index contributed by atoms with van der Waals surface area (Å²) in [5, 5.41) is 8.29. The maximum atomic E-state index is 12.8. The molecule has 4 aromatic rings. The Morgan fingerprint density at radius 2 is 1.85 bits per heavy atom. The number of amides is 1. The van der Waals surface area contributed by atoms with Crippen molar-refractivity contribution in [3.63, 3.8) is 0 Å². The number of aromatic nitrogens is 3. The molecule has 0 fully saturated rings. The van der Waals surface area contributed by atoms with Crippen LogP contribution in [-0.2, 0) is 0 Å². The molecule has 1 N–H and O–H groups in total. The van der Waals surface area contributed by atoms with Crippen molar-refractivity contribution < 1.29 is 9.53 Å². The fourth-order valence-corrected chi connectivity index (χ4v) is 3.01. The second-order valence-electron chi connectivity index (χ2n) is 6.09. The molecule has 0 saturated carbocycles. The Hall–Kier alpha value is -3.67. The number of carbonyl (C=O) groups excluding carboxylic acids is 1. The number of methoxy groups -OCH3 is 1. The van der Waals surface area contributed by atoms with Crippen LogP contribution in [0.25, 0.3) is 16.6 Å². The van der Waals surface area contributed by atoms with Gasteiger partial charge in [-0.15, -0.1) is 0 Å². The lowest BCUT2D eigenvalue weighted by Gasteiger charge is -2.09. The number of pyridine rings is 1. The van der Waals surface area contributed by atoms with Gasteiger partial charge in [-0.25, -0.2) is 4.68 Å². The summed E-state index contributed by atoms with van der Waals surface area (Å²) in [6.45, 7) is 1.87. The van der Waals surface area contributed by atoms with Gasteiger partial charge in [0, 0.05) is 11.6 Å². The summed E-state index contributed by atoms with van der Waals surface area (Å²) in [7, 11) is 1.62. The van der Waals surface area contributed by atoms with Crippen LogP contribution in [0, 0.1) is 6.92 Å². The van der Waals surface area contributed by atoms with E-state index in [1.54, 1.807) is 24.2 Å². The number of ether oxygens (including phenoxy) is 1. The monoisotopic (exact) mass is 358 g/mol. The molecule has 0 bridgehead atoms. The number of para-hydroxylation sites is 1.